The number of hydrogen-bond donors (Lipinski definition) is 1. The van der Waals surface area contributed by atoms with E-state index >= 15 is 0 Å². The van der Waals surface area contributed by atoms with E-state index in [1.165, 1.54) is 6.07 Å². The maximum atomic E-state index is 13.7. The quantitative estimate of drug-likeness (QED) is 0.769. The van der Waals surface area contributed by atoms with Gasteiger partial charge in [0.25, 0.3) is 0 Å². The SMILES string of the molecule is Cc1c(C(C)(C)C)cc(F)c(S(=O)O)c1C. The van der Waals surface area contributed by atoms with Gasteiger partial charge in [-0.2, -0.15) is 0 Å². The zero-order chi connectivity index (χ0) is 12.7. The van der Waals surface area contributed by atoms with Crippen molar-refractivity contribution in [2.45, 2.75) is 44.9 Å². The van der Waals surface area contributed by atoms with E-state index in [4.69, 9.17) is 4.55 Å². The maximum Gasteiger partial charge on any atom is 0.189 e. The van der Waals surface area contributed by atoms with Gasteiger partial charge in [-0.25, -0.2) is 8.60 Å². The van der Waals surface area contributed by atoms with Gasteiger partial charge in [-0.15, -0.1) is 0 Å². The fourth-order valence-corrected chi connectivity index (χ4v) is 2.49. The molecule has 1 aromatic rings. The molecule has 2 nitrogen and oxygen atoms in total. The predicted molar refractivity (Wildman–Crippen MR) is 63.6 cm³/mol. The van der Waals surface area contributed by atoms with Crippen molar-refractivity contribution in [3.63, 3.8) is 0 Å². The average molecular weight is 244 g/mol. The lowest BCUT2D eigenvalue weighted by molar-refractivity contribution is 0.530. The summed E-state index contributed by atoms with van der Waals surface area (Å²) in [5.74, 6) is -0.603. The number of rotatable bonds is 1. The highest BCUT2D eigenvalue weighted by Gasteiger charge is 2.23. The van der Waals surface area contributed by atoms with E-state index in [1.807, 2.05) is 27.7 Å². The summed E-state index contributed by atoms with van der Waals surface area (Å²) in [4.78, 5) is -0.106. The van der Waals surface area contributed by atoms with Crippen molar-refractivity contribution in [2.75, 3.05) is 0 Å². The monoisotopic (exact) mass is 244 g/mol. The first-order valence-electron chi connectivity index (χ1n) is 5.07. The molecular weight excluding hydrogens is 227 g/mol. The van der Waals surface area contributed by atoms with Gasteiger partial charge >= 0.3 is 0 Å². The van der Waals surface area contributed by atoms with E-state index < -0.39 is 16.9 Å². The van der Waals surface area contributed by atoms with Gasteiger partial charge in [0.2, 0.25) is 0 Å². The molecule has 1 atom stereocenters. The molecule has 0 aliphatic heterocycles. The topological polar surface area (TPSA) is 37.3 Å². The second kappa shape index (κ2) is 4.26. The normalized spacial score (nSPS) is 13.9. The Morgan fingerprint density at radius 3 is 2.12 bits per heavy atom. The van der Waals surface area contributed by atoms with Crippen LogP contribution in [0.3, 0.4) is 0 Å². The third-order valence-electron chi connectivity index (χ3n) is 2.78. The van der Waals surface area contributed by atoms with Crippen molar-refractivity contribution in [3.05, 3.63) is 28.6 Å². The van der Waals surface area contributed by atoms with Gasteiger partial charge < -0.3 is 4.55 Å². The van der Waals surface area contributed by atoms with Crippen LogP contribution in [-0.4, -0.2) is 8.76 Å². The molecule has 0 saturated heterocycles. The van der Waals surface area contributed by atoms with Crippen LogP contribution in [0.2, 0.25) is 0 Å². The molecule has 0 aliphatic rings. The summed E-state index contributed by atoms with van der Waals surface area (Å²) in [6, 6.07) is 1.37. The van der Waals surface area contributed by atoms with Gasteiger partial charge in [0.15, 0.2) is 11.1 Å². The second-order valence-corrected chi connectivity index (χ2v) is 5.89. The molecule has 16 heavy (non-hydrogen) atoms. The smallest absolute Gasteiger partial charge is 0.189 e. The molecule has 0 amide bonds. The van der Waals surface area contributed by atoms with Crippen molar-refractivity contribution in [1.82, 2.24) is 0 Å². The molecule has 90 valence electrons. The summed E-state index contributed by atoms with van der Waals surface area (Å²) in [5.41, 5.74) is 2.14. The number of halogens is 1. The summed E-state index contributed by atoms with van der Waals surface area (Å²) in [6.07, 6.45) is 0. The first kappa shape index (κ1) is 13.3. The zero-order valence-corrected chi connectivity index (χ0v) is 11.0. The minimum Gasteiger partial charge on any atom is -0.302 e. The molecule has 0 radical (unpaired) electrons. The van der Waals surface area contributed by atoms with E-state index in [2.05, 4.69) is 0 Å². The van der Waals surface area contributed by atoms with Gasteiger partial charge in [0.05, 0.1) is 0 Å². The highest BCUT2D eigenvalue weighted by molar-refractivity contribution is 7.79. The molecule has 0 aromatic heterocycles. The van der Waals surface area contributed by atoms with Crippen LogP contribution in [0.5, 0.6) is 0 Å². The Morgan fingerprint density at radius 1 is 1.25 bits per heavy atom. The Labute approximate surface area is 98.2 Å². The van der Waals surface area contributed by atoms with Crippen molar-refractivity contribution in [3.8, 4) is 0 Å². The molecule has 1 rings (SSSR count). The molecule has 1 unspecified atom stereocenters. The van der Waals surface area contributed by atoms with Gasteiger partial charge in [0.1, 0.15) is 10.7 Å². The summed E-state index contributed by atoms with van der Waals surface area (Å²) in [5, 5.41) is 0. The van der Waals surface area contributed by atoms with E-state index in [9.17, 15) is 8.60 Å². The maximum absolute atomic E-state index is 13.7. The lowest BCUT2D eigenvalue weighted by Gasteiger charge is -2.24. The van der Waals surface area contributed by atoms with Crippen LogP contribution in [-0.2, 0) is 16.5 Å². The van der Waals surface area contributed by atoms with Crippen LogP contribution in [0, 0.1) is 19.7 Å². The van der Waals surface area contributed by atoms with E-state index in [1.54, 1.807) is 6.92 Å². The van der Waals surface area contributed by atoms with Crippen LogP contribution >= 0.6 is 0 Å². The molecule has 0 heterocycles. The third kappa shape index (κ3) is 2.33. The Kier molecular flexibility index (Phi) is 3.55. The Morgan fingerprint density at radius 2 is 1.75 bits per heavy atom. The molecule has 1 N–H and O–H groups in total. The first-order valence-corrected chi connectivity index (χ1v) is 6.18. The van der Waals surface area contributed by atoms with Crippen LogP contribution in [0.15, 0.2) is 11.0 Å². The van der Waals surface area contributed by atoms with Crippen molar-refractivity contribution in [2.24, 2.45) is 0 Å². The van der Waals surface area contributed by atoms with Crippen LogP contribution < -0.4 is 0 Å². The minimum absolute atomic E-state index is 0.106. The second-order valence-electron chi connectivity index (χ2n) is 4.98. The molecule has 0 aliphatic carbocycles. The van der Waals surface area contributed by atoms with Gasteiger partial charge in [-0.1, -0.05) is 20.8 Å². The third-order valence-corrected chi connectivity index (χ3v) is 3.63. The molecular formula is C12H17FO2S. The van der Waals surface area contributed by atoms with E-state index in [-0.39, 0.29) is 10.3 Å². The number of hydrogen-bond acceptors (Lipinski definition) is 1. The van der Waals surface area contributed by atoms with Crippen LogP contribution in [0.1, 0.15) is 37.5 Å². The fraction of sp³-hybridized carbons (Fsp3) is 0.500. The zero-order valence-electron chi connectivity index (χ0n) is 10.2. The summed E-state index contributed by atoms with van der Waals surface area (Å²) >= 11 is -2.27. The summed E-state index contributed by atoms with van der Waals surface area (Å²) in [6.45, 7) is 9.50. The standard InChI is InChI=1S/C12H17FO2S/c1-7-8(2)11(16(14)15)10(13)6-9(7)12(3,4)5/h6H,1-5H3,(H,14,15). The summed E-state index contributed by atoms with van der Waals surface area (Å²) < 4.78 is 33.8. The summed E-state index contributed by atoms with van der Waals surface area (Å²) in [7, 11) is 0. The molecule has 0 bridgehead atoms. The highest BCUT2D eigenvalue weighted by Crippen LogP contribution is 2.31. The lowest BCUT2D eigenvalue weighted by Crippen LogP contribution is -2.16. The fourth-order valence-electron chi connectivity index (χ4n) is 1.85. The van der Waals surface area contributed by atoms with Crippen molar-refractivity contribution < 1.29 is 13.2 Å². The Hall–Kier alpha value is -0.740. The minimum atomic E-state index is -2.27. The number of benzene rings is 1. The largest absolute Gasteiger partial charge is 0.302 e. The van der Waals surface area contributed by atoms with Crippen LogP contribution in [0.4, 0.5) is 4.39 Å². The molecule has 0 spiro atoms. The van der Waals surface area contributed by atoms with Crippen molar-refractivity contribution >= 4 is 11.1 Å². The average Bonchev–Trinajstić information content (AvgIpc) is 2.09. The van der Waals surface area contributed by atoms with Crippen molar-refractivity contribution in [1.29, 1.82) is 0 Å². The molecule has 0 fully saturated rings. The molecule has 0 saturated carbocycles. The first-order chi connectivity index (χ1) is 7.16. The van der Waals surface area contributed by atoms with Gasteiger partial charge in [0, 0.05) is 0 Å². The van der Waals surface area contributed by atoms with Crippen LogP contribution in [0.25, 0.3) is 0 Å². The molecule has 4 heteroatoms. The molecule has 1 aromatic carbocycles. The van der Waals surface area contributed by atoms with Gasteiger partial charge in [-0.05, 0) is 42.0 Å². The Bertz CT molecular complexity index is 447. The lowest BCUT2D eigenvalue weighted by atomic mass is 9.82. The van der Waals surface area contributed by atoms with E-state index in [0.717, 1.165) is 11.1 Å². The van der Waals surface area contributed by atoms with E-state index in [0.29, 0.717) is 5.56 Å². The van der Waals surface area contributed by atoms with Gasteiger partial charge in [-0.3, -0.25) is 0 Å². The highest BCUT2D eigenvalue weighted by atomic mass is 32.2. The predicted octanol–water partition coefficient (Wildman–Crippen LogP) is 3.32. The Balaban J connectivity index is 3.58.